The quantitative estimate of drug-likeness (QED) is 0.733. The van der Waals surface area contributed by atoms with E-state index in [1.54, 1.807) is 6.07 Å². The number of hydrogen-bond acceptors (Lipinski definition) is 1. The Morgan fingerprint density at radius 2 is 1.76 bits per heavy atom. The Morgan fingerprint density at radius 3 is 2.33 bits per heavy atom. The van der Waals surface area contributed by atoms with Crippen LogP contribution in [0, 0.1) is 6.92 Å². The van der Waals surface area contributed by atoms with Gasteiger partial charge in [0.2, 0.25) is 0 Å². The van der Waals surface area contributed by atoms with Gasteiger partial charge in [-0.3, -0.25) is 0 Å². The van der Waals surface area contributed by atoms with E-state index in [2.05, 4.69) is 5.32 Å². The number of nitrogens with one attached hydrogen (secondary N) is 1. The molecule has 0 aliphatic rings. The van der Waals surface area contributed by atoms with Gasteiger partial charge >= 0.3 is 6.18 Å². The van der Waals surface area contributed by atoms with E-state index in [1.165, 1.54) is 6.07 Å². The summed E-state index contributed by atoms with van der Waals surface area (Å²) in [5.41, 5.74) is 1.69. The molecule has 0 spiro atoms. The predicted octanol–water partition coefficient (Wildman–Crippen LogP) is 5.93. The van der Waals surface area contributed by atoms with Crippen LogP contribution in [0.15, 0.2) is 36.4 Å². The van der Waals surface area contributed by atoms with Crippen molar-refractivity contribution in [1.29, 1.82) is 0 Å². The molecule has 2 rings (SSSR count). The monoisotopic (exact) mass is 333 g/mol. The molecule has 0 aromatic heterocycles. The van der Waals surface area contributed by atoms with E-state index in [0.29, 0.717) is 17.3 Å². The summed E-state index contributed by atoms with van der Waals surface area (Å²) in [6.07, 6.45) is -4.39. The zero-order valence-electron chi connectivity index (χ0n) is 11.1. The molecule has 0 heterocycles. The Bertz CT molecular complexity index is 654. The maximum atomic E-state index is 12.5. The van der Waals surface area contributed by atoms with Crippen molar-refractivity contribution < 1.29 is 13.2 Å². The van der Waals surface area contributed by atoms with Gasteiger partial charge in [0.1, 0.15) is 0 Å². The largest absolute Gasteiger partial charge is 0.416 e. The highest BCUT2D eigenvalue weighted by atomic mass is 35.5. The van der Waals surface area contributed by atoms with E-state index in [1.807, 2.05) is 19.1 Å². The van der Waals surface area contributed by atoms with Crippen molar-refractivity contribution >= 4 is 28.9 Å². The van der Waals surface area contributed by atoms with Crippen molar-refractivity contribution in [3.05, 3.63) is 63.1 Å². The van der Waals surface area contributed by atoms with Crippen LogP contribution in [0.25, 0.3) is 0 Å². The average molecular weight is 334 g/mol. The SMILES string of the molecule is Cc1cc(Cl)ccc1CNc1ccc(C(F)(F)F)cc1Cl. The molecule has 0 atom stereocenters. The fourth-order valence-corrected chi connectivity index (χ4v) is 2.36. The summed E-state index contributed by atoms with van der Waals surface area (Å²) < 4.78 is 37.6. The van der Waals surface area contributed by atoms with Crippen LogP contribution in [0.5, 0.6) is 0 Å². The van der Waals surface area contributed by atoms with Gasteiger partial charge in [0.25, 0.3) is 0 Å². The number of halogens is 5. The van der Waals surface area contributed by atoms with Crippen molar-refractivity contribution in [3.8, 4) is 0 Å². The number of aryl methyl sites for hydroxylation is 1. The lowest BCUT2D eigenvalue weighted by Gasteiger charge is -2.13. The molecule has 0 saturated carbocycles. The van der Waals surface area contributed by atoms with Crippen molar-refractivity contribution in [1.82, 2.24) is 0 Å². The van der Waals surface area contributed by atoms with E-state index in [9.17, 15) is 13.2 Å². The second-order valence-electron chi connectivity index (χ2n) is 4.62. The second-order valence-corrected chi connectivity index (χ2v) is 5.46. The maximum Gasteiger partial charge on any atom is 0.416 e. The van der Waals surface area contributed by atoms with E-state index in [0.717, 1.165) is 23.3 Å². The van der Waals surface area contributed by atoms with Crippen molar-refractivity contribution in [2.75, 3.05) is 5.32 Å². The Balaban J connectivity index is 2.13. The van der Waals surface area contributed by atoms with E-state index in [-0.39, 0.29) is 5.02 Å². The highest BCUT2D eigenvalue weighted by molar-refractivity contribution is 6.33. The molecule has 0 fully saturated rings. The summed E-state index contributed by atoms with van der Waals surface area (Å²) in [5, 5.41) is 3.71. The molecular formula is C15H12Cl2F3N. The number of anilines is 1. The zero-order valence-corrected chi connectivity index (χ0v) is 12.6. The molecule has 1 N–H and O–H groups in total. The first-order chi connectivity index (χ1) is 9.77. The molecule has 0 aliphatic carbocycles. The average Bonchev–Trinajstić information content (AvgIpc) is 2.38. The number of rotatable bonds is 3. The highest BCUT2D eigenvalue weighted by Gasteiger charge is 2.30. The summed E-state index contributed by atoms with van der Waals surface area (Å²) in [5.74, 6) is 0. The Labute approximate surface area is 130 Å². The van der Waals surface area contributed by atoms with Gasteiger partial charge in [-0.1, -0.05) is 29.3 Å². The highest BCUT2D eigenvalue weighted by Crippen LogP contribution is 2.34. The van der Waals surface area contributed by atoms with E-state index < -0.39 is 11.7 Å². The van der Waals surface area contributed by atoms with Gasteiger partial charge in [0.05, 0.1) is 16.3 Å². The first-order valence-electron chi connectivity index (χ1n) is 6.13. The van der Waals surface area contributed by atoms with Crippen LogP contribution < -0.4 is 5.32 Å². The molecule has 1 nitrogen and oxygen atoms in total. The first kappa shape index (κ1) is 16.0. The molecule has 0 aliphatic heterocycles. The zero-order chi connectivity index (χ0) is 15.6. The summed E-state index contributed by atoms with van der Waals surface area (Å²) in [6.45, 7) is 2.37. The number of alkyl halides is 3. The van der Waals surface area contributed by atoms with Crippen LogP contribution >= 0.6 is 23.2 Å². The van der Waals surface area contributed by atoms with Gasteiger partial charge in [-0.25, -0.2) is 0 Å². The summed E-state index contributed by atoms with van der Waals surface area (Å²) in [4.78, 5) is 0. The molecule has 0 saturated heterocycles. The Hall–Kier alpha value is -1.39. The molecule has 2 aromatic rings. The molecule has 6 heteroatoms. The van der Waals surface area contributed by atoms with Crippen molar-refractivity contribution in [2.45, 2.75) is 19.6 Å². The second kappa shape index (κ2) is 6.16. The molecule has 0 bridgehead atoms. The minimum atomic E-state index is -4.39. The standard InChI is InChI=1S/C15H12Cl2F3N/c1-9-6-12(16)4-2-10(9)8-21-14-5-3-11(7-13(14)17)15(18,19)20/h2-7,21H,8H2,1H3. The lowest BCUT2D eigenvalue weighted by molar-refractivity contribution is -0.137. The molecule has 0 radical (unpaired) electrons. The minimum Gasteiger partial charge on any atom is -0.380 e. The van der Waals surface area contributed by atoms with Gasteiger partial charge in [-0.2, -0.15) is 13.2 Å². The van der Waals surface area contributed by atoms with E-state index in [4.69, 9.17) is 23.2 Å². The molecule has 112 valence electrons. The molecule has 0 unspecified atom stereocenters. The van der Waals surface area contributed by atoms with E-state index >= 15 is 0 Å². The smallest absolute Gasteiger partial charge is 0.380 e. The van der Waals surface area contributed by atoms with Gasteiger partial charge in [-0.15, -0.1) is 0 Å². The molecule has 21 heavy (non-hydrogen) atoms. The fourth-order valence-electron chi connectivity index (χ4n) is 1.88. The Kier molecular flexibility index (Phi) is 4.69. The summed E-state index contributed by atoms with van der Waals surface area (Å²) in [7, 11) is 0. The fraction of sp³-hybridized carbons (Fsp3) is 0.200. The maximum absolute atomic E-state index is 12.5. The summed E-state index contributed by atoms with van der Waals surface area (Å²) in [6, 6.07) is 8.70. The van der Waals surface area contributed by atoms with Gasteiger partial charge < -0.3 is 5.32 Å². The molecule has 2 aromatic carbocycles. The third-order valence-electron chi connectivity index (χ3n) is 3.07. The van der Waals surface area contributed by atoms with Crippen LogP contribution in [0.3, 0.4) is 0 Å². The van der Waals surface area contributed by atoms with Crippen LogP contribution in [0.4, 0.5) is 18.9 Å². The van der Waals surface area contributed by atoms with Crippen molar-refractivity contribution in [3.63, 3.8) is 0 Å². The minimum absolute atomic E-state index is 0.0384. The molecular weight excluding hydrogens is 322 g/mol. The van der Waals surface area contributed by atoms with Gasteiger partial charge in [0.15, 0.2) is 0 Å². The van der Waals surface area contributed by atoms with Gasteiger partial charge in [0, 0.05) is 11.6 Å². The lowest BCUT2D eigenvalue weighted by atomic mass is 10.1. The normalized spacial score (nSPS) is 11.5. The third-order valence-corrected chi connectivity index (χ3v) is 3.62. The van der Waals surface area contributed by atoms with Crippen molar-refractivity contribution in [2.24, 2.45) is 0 Å². The topological polar surface area (TPSA) is 12.0 Å². The van der Waals surface area contributed by atoms with Crippen LogP contribution in [0.2, 0.25) is 10.0 Å². The molecule has 0 amide bonds. The number of benzene rings is 2. The van der Waals surface area contributed by atoms with Gasteiger partial charge in [-0.05, 0) is 48.4 Å². The number of hydrogen-bond donors (Lipinski definition) is 1. The lowest BCUT2D eigenvalue weighted by Crippen LogP contribution is -2.06. The van der Waals surface area contributed by atoms with Crippen LogP contribution in [-0.2, 0) is 12.7 Å². The predicted molar refractivity (Wildman–Crippen MR) is 80.0 cm³/mol. The summed E-state index contributed by atoms with van der Waals surface area (Å²) >= 11 is 11.8. The van der Waals surface area contributed by atoms with Crippen LogP contribution in [0.1, 0.15) is 16.7 Å². The third kappa shape index (κ3) is 4.05. The first-order valence-corrected chi connectivity index (χ1v) is 6.88. The van der Waals surface area contributed by atoms with Crippen LogP contribution in [-0.4, -0.2) is 0 Å². The Morgan fingerprint density at radius 1 is 1.05 bits per heavy atom.